The van der Waals surface area contributed by atoms with E-state index in [1.807, 2.05) is 24.3 Å². The van der Waals surface area contributed by atoms with E-state index in [9.17, 15) is 13.2 Å². The minimum Gasteiger partial charge on any atom is -0.352 e. The highest BCUT2D eigenvalue weighted by Gasteiger charge is 2.28. The van der Waals surface area contributed by atoms with Gasteiger partial charge in [0.2, 0.25) is 15.9 Å². The predicted octanol–water partition coefficient (Wildman–Crippen LogP) is 2.13. The second kappa shape index (κ2) is 6.91. The maximum Gasteiger partial charge on any atom is 0.223 e. The number of sulfonamides is 1. The summed E-state index contributed by atoms with van der Waals surface area (Å²) in [6, 6.07) is 14.2. The summed E-state index contributed by atoms with van der Waals surface area (Å²) in [7, 11) is -3.15. The van der Waals surface area contributed by atoms with E-state index in [1.54, 1.807) is 0 Å². The molecule has 2 aromatic carbocycles. The largest absolute Gasteiger partial charge is 0.352 e. The molecule has 0 radical (unpaired) electrons. The van der Waals surface area contributed by atoms with Gasteiger partial charge in [-0.25, -0.2) is 12.7 Å². The molecule has 24 heavy (non-hydrogen) atoms. The van der Waals surface area contributed by atoms with Gasteiger partial charge in [-0.15, -0.1) is 0 Å². The van der Waals surface area contributed by atoms with E-state index in [2.05, 4.69) is 23.5 Å². The Hall–Kier alpha value is -1.92. The molecule has 3 rings (SSSR count). The van der Waals surface area contributed by atoms with Crippen LogP contribution in [0.3, 0.4) is 0 Å². The molecule has 2 aromatic rings. The van der Waals surface area contributed by atoms with Gasteiger partial charge < -0.3 is 5.32 Å². The van der Waals surface area contributed by atoms with E-state index in [-0.39, 0.29) is 11.8 Å². The molecule has 128 valence electrons. The summed E-state index contributed by atoms with van der Waals surface area (Å²) in [5, 5.41) is 5.31. The van der Waals surface area contributed by atoms with Crippen molar-refractivity contribution in [3.63, 3.8) is 0 Å². The lowest BCUT2D eigenvalue weighted by atomic mass is 9.97. The Balaban J connectivity index is 1.60. The molecule has 0 aromatic heterocycles. The Morgan fingerprint density at radius 1 is 1.12 bits per heavy atom. The monoisotopic (exact) mass is 346 g/mol. The molecule has 6 heteroatoms. The zero-order valence-corrected chi connectivity index (χ0v) is 14.6. The number of fused-ring (bicyclic) bond motifs is 1. The van der Waals surface area contributed by atoms with Crippen molar-refractivity contribution in [3.05, 3.63) is 48.0 Å². The van der Waals surface area contributed by atoms with Gasteiger partial charge in [-0.2, -0.15) is 0 Å². The van der Waals surface area contributed by atoms with Gasteiger partial charge in [0.05, 0.1) is 6.26 Å². The number of carbonyl (C=O) groups excluding carboxylic acids is 1. The van der Waals surface area contributed by atoms with Crippen molar-refractivity contribution in [2.75, 3.05) is 19.3 Å². The van der Waals surface area contributed by atoms with Crippen molar-refractivity contribution in [1.29, 1.82) is 0 Å². The van der Waals surface area contributed by atoms with E-state index in [0.29, 0.717) is 32.5 Å². The first-order chi connectivity index (χ1) is 11.4. The zero-order valence-electron chi connectivity index (χ0n) is 13.7. The number of piperidine rings is 1. The van der Waals surface area contributed by atoms with Crippen LogP contribution in [0.4, 0.5) is 0 Å². The molecule has 0 saturated carbocycles. The molecule has 0 unspecified atom stereocenters. The van der Waals surface area contributed by atoms with Gasteiger partial charge >= 0.3 is 0 Å². The number of amides is 1. The van der Waals surface area contributed by atoms with Gasteiger partial charge in [-0.3, -0.25) is 4.79 Å². The lowest BCUT2D eigenvalue weighted by molar-refractivity contribution is -0.126. The lowest BCUT2D eigenvalue weighted by Crippen LogP contribution is -2.42. The molecular formula is C18H22N2O3S. The number of hydrogen-bond acceptors (Lipinski definition) is 3. The van der Waals surface area contributed by atoms with Gasteiger partial charge in [-0.05, 0) is 29.2 Å². The van der Waals surface area contributed by atoms with Crippen LogP contribution in [-0.2, 0) is 21.4 Å². The topological polar surface area (TPSA) is 66.5 Å². The fourth-order valence-corrected chi connectivity index (χ4v) is 4.10. The number of carbonyl (C=O) groups is 1. The molecule has 1 amide bonds. The Morgan fingerprint density at radius 3 is 2.50 bits per heavy atom. The Kier molecular flexibility index (Phi) is 4.87. The molecule has 0 spiro atoms. The maximum atomic E-state index is 12.4. The van der Waals surface area contributed by atoms with Crippen molar-refractivity contribution < 1.29 is 13.2 Å². The number of nitrogens with one attached hydrogen (secondary N) is 1. The molecule has 1 N–H and O–H groups in total. The van der Waals surface area contributed by atoms with Crippen molar-refractivity contribution in [2.45, 2.75) is 19.4 Å². The van der Waals surface area contributed by atoms with Crippen LogP contribution in [-0.4, -0.2) is 38.0 Å². The highest BCUT2D eigenvalue weighted by Crippen LogP contribution is 2.21. The number of nitrogens with zero attached hydrogens (tertiary/aromatic N) is 1. The quantitative estimate of drug-likeness (QED) is 0.922. The normalized spacial score (nSPS) is 17.0. The summed E-state index contributed by atoms with van der Waals surface area (Å²) in [5.41, 5.74) is 1.09. The van der Waals surface area contributed by atoms with E-state index in [1.165, 1.54) is 10.6 Å². The Morgan fingerprint density at radius 2 is 1.79 bits per heavy atom. The summed E-state index contributed by atoms with van der Waals surface area (Å²) in [6.45, 7) is 1.34. The first kappa shape index (κ1) is 16.9. The minimum atomic E-state index is -3.15. The van der Waals surface area contributed by atoms with Crippen LogP contribution in [0.5, 0.6) is 0 Å². The molecule has 1 aliphatic heterocycles. The van der Waals surface area contributed by atoms with Crippen molar-refractivity contribution in [3.8, 4) is 0 Å². The second-order valence-corrected chi connectivity index (χ2v) is 8.27. The average Bonchev–Trinajstić information content (AvgIpc) is 2.59. The minimum absolute atomic E-state index is 0.0103. The van der Waals surface area contributed by atoms with Crippen molar-refractivity contribution in [2.24, 2.45) is 5.92 Å². The molecule has 1 fully saturated rings. The van der Waals surface area contributed by atoms with Crippen molar-refractivity contribution in [1.82, 2.24) is 9.62 Å². The van der Waals surface area contributed by atoms with Crippen LogP contribution in [0.1, 0.15) is 18.4 Å². The zero-order chi connectivity index (χ0) is 17.2. The highest BCUT2D eigenvalue weighted by molar-refractivity contribution is 7.88. The number of benzene rings is 2. The molecule has 0 bridgehead atoms. The molecule has 5 nitrogen and oxygen atoms in total. The van der Waals surface area contributed by atoms with Crippen LogP contribution < -0.4 is 5.32 Å². The van der Waals surface area contributed by atoms with Crippen LogP contribution in [0.2, 0.25) is 0 Å². The van der Waals surface area contributed by atoms with E-state index < -0.39 is 10.0 Å². The summed E-state index contributed by atoms with van der Waals surface area (Å²) >= 11 is 0. The fourth-order valence-electron chi connectivity index (χ4n) is 3.22. The lowest BCUT2D eigenvalue weighted by Gasteiger charge is -2.29. The summed E-state index contributed by atoms with van der Waals surface area (Å²) in [5.74, 6) is -0.103. The number of rotatable bonds is 4. The van der Waals surface area contributed by atoms with Gasteiger partial charge in [0, 0.05) is 25.6 Å². The second-order valence-electron chi connectivity index (χ2n) is 6.29. The standard InChI is InChI=1S/C18H22N2O3S/c1-24(22,23)20-11-9-15(10-12-20)18(21)19-13-16-7-4-6-14-5-2-3-8-17(14)16/h2-8,15H,9-13H2,1H3,(H,19,21). The first-order valence-electron chi connectivity index (χ1n) is 8.14. The van der Waals surface area contributed by atoms with E-state index >= 15 is 0 Å². The van der Waals surface area contributed by atoms with Gasteiger partial charge in [0.1, 0.15) is 0 Å². The summed E-state index contributed by atoms with van der Waals surface area (Å²) < 4.78 is 24.5. The van der Waals surface area contributed by atoms with Crippen LogP contribution in [0.15, 0.2) is 42.5 Å². The molecule has 1 aliphatic rings. The van der Waals surface area contributed by atoms with E-state index in [0.717, 1.165) is 16.3 Å². The molecule has 0 atom stereocenters. The third kappa shape index (κ3) is 3.76. The average molecular weight is 346 g/mol. The molecule has 0 aliphatic carbocycles. The van der Waals surface area contributed by atoms with Gasteiger partial charge in [0.25, 0.3) is 0 Å². The summed E-state index contributed by atoms with van der Waals surface area (Å²) in [6.07, 6.45) is 2.37. The van der Waals surface area contributed by atoms with E-state index in [4.69, 9.17) is 0 Å². The Bertz CT molecular complexity index is 835. The van der Waals surface area contributed by atoms with Crippen molar-refractivity contribution >= 4 is 26.7 Å². The van der Waals surface area contributed by atoms with Crippen LogP contribution in [0, 0.1) is 5.92 Å². The third-order valence-corrected chi connectivity index (χ3v) is 5.93. The SMILES string of the molecule is CS(=O)(=O)N1CCC(C(=O)NCc2cccc3ccccc23)CC1. The van der Waals surface area contributed by atoms with Crippen LogP contribution >= 0.6 is 0 Å². The number of hydrogen-bond donors (Lipinski definition) is 1. The van der Waals surface area contributed by atoms with Gasteiger partial charge in [-0.1, -0.05) is 42.5 Å². The van der Waals surface area contributed by atoms with Crippen LogP contribution in [0.25, 0.3) is 10.8 Å². The Labute approximate surface area is 142 Å². The smallest absolute Gasteiger partial charge is 0.223 e. The fraction of sp³-hybridized carbons (Fsp3) is 0.389. The highest BCUT2D eigenvalue weighted by atomic mass is 32.2. The van der Waals surface area contributed by atoms with Gasteiger partial charge in [0.15, 0.2) is 0 Å². The predicted molar refractivity (Wildman–Crippen MR) is 94.9 cm³/mol. The molecular weight excluding hydrogens is 324 g/mol. The summed E-state index contributed by atoms with van der Waals surface area (Å²) in [4.78, 5) is 12.4. The molecule has 1 heterocycles. The molecule has 1 saturated heterocycles. The third-order valence-electron chi connectivity index (χ3n) is 4.63. The maximum absolute atomic E-state index is 12.4. The first-order valence-corrected chi connectivity index (χ1v) is 9.99.